The van der Waals surface area contributed by atoms with Crippen LogP contribution < -0.4 is 0 Å². The summed E-state index contributed by atoms with van der Waals surface area (Å²) in [4.78, 5) is 10.4. The summed E-state index contributed by atoms with van der Waals surface area (Å²) < 4.78 is 0. The zero-order valence-electron chi connectivity index (χ0n) is 8.72. The average molecular weight is 211 g/mol. The van der Waals surface area contributed by atoms with E-state index in [0.29, 0.717) is 0 Å². The number of hydrogen-bond acceptors (Lipinski definition) is 1. The summed E-state index contributed by atoms with van der Waals surface area (Å²) >= 11 is 0. The zero-order valence-corrected chi connectivity index (χ0v) is 8.72. The van der Waals surface area contributed by atoms with Gasteiger partial charge in [0.15, 0.2) is 0 Å². The molecule has 79 valence electrons. The van der Waals surface area contributed by atoms with E-state index in [1.165, 1.54) is 0 Å². The number of rotatable bonds is 3. The van der Waals surface area contributed by atoms with Crippen molar-refractivity contribution >= 4 is 5.97 Å². The summed E-state index contributed by atoms with van der Waals surface area (Å²) in [6.07, 6.45) is -0.0327. The molecule has 0 aromatic heterocycles. The van der Waals surface area contributed by atoms with E-state index in [2.05, 4.69) is 0 Å². The maximum atomic E-state index is 10.4. The summed E-state index contributed by atoms with van der Waals surface area (Å²) in [5, 5.41) is 10.4. The molecule has 2 aromatic rings. The van der Waals surface area contributed by atoms with Crippen molar-refractivity contribution in [3.8, 4) is 11.1 Å². The lowest BCUT2D eigenvalue weighted by Crippen LogP contribution is -1.97. The molecule has 0 aliphatic rings. The quantitative estimate of drug-likeness (QED) is 0.769. The second-order valence-corrected chi connectivity index (χ2v) is 3.61. The minimum Gasteiger partial charge on any atom is -0.247 e. The van der Waals surface area contributed by atoms with Gasteiger partial charge in [-0.05, 0) is 16.7 Å². The van der Waals surface area contributed by atoms with Crippen LogP contribution in [0.3, 0.4) is 0 Å². The summed E-state index contributed by atoms with van der Waals surface area (Å²) in [6.45, 7) is 0. The SMILES string of the molecule is [O]C(=O)Cc1ccc(-c2ccccc2)cc1. The van der Waals surface area contributed by atoms with E-state index in [-0.39, 0.29) is 6.42 Å². The van der Waals surface area contributed by atoms with E-state index >= 15 is 0 Å². The van der Waals surface area contributed by atoms with Gasteiger partial charge in [-0.3, -0.25) is 0 Å². The lowest BCUT2D eigenvalue weighted by Gasteiger charge is -2.02. The Bertz CT molecular complexity index is 472. The smallest absolute Gasteiger partial charge is 0.247 e. The first-order chi connectivity index (χ1) is 7.75. The molecule has 0 atom stereocenters. The predicted octanol–water partition coefficient (Wildman–Crippen LogP) is 2.85. The van der Waals surface area contributed by atoms with Crippen LogP contribution in [0, 0.1) is 0 Å². The van der Waals surface area contributed by atoms with Crippen molar-refractivity contribution in [2.75, 3.05) is 0 Å². The van der Waals surface area contributed by atoms with Crippen molar-refractivity contribution in [1.29, 1.82) is 0 Å². The normalized spacial score (nSPS) is 10.0. The van der Waals surface area contributed by atoms with Gasteiger partial charge in [-0.15, -0.1) is 0 Å². The van der Waals surface area contributed by atoms with E-state index in [1.54, 1.807) is 0 Å². The van der Waals surface area contributed by atoms with Crippen LogP contribution in [0.25, 0.3) is 11.1 Å². The summed E-state index contributed by atoms with van der Waals surface area (Å²) in [6, 6.07) is 17.4. The maximum absolute atomic E-state index is 10.4. The van der Waals surface area contributed by atoms with Gasteiger partial charge in [0.05, 0.1) is 6.42 Å². The Hall–Kier alpha value is -2.09. The molecule has 2 heteroatoms. The fourth-order valence-corrected chi connectivity index (χ4v) is 1.61. The average Bonchev–Trinajstić information content (AvgIpc) is 2.30. The standard InChI is InChI=1S/C14H11O2/c15-14(16)10-11-6-8-13(9-7-11)12-4-2-1-3-5-12/h1-9H,10H2. The third-order valence-corrected chi connectivity index (χ3v) is 2.41. The number of carbonyl (C=O) groups is 1. The fourth-order valence-electron chi connectivity index (χ4n) is 1.61. The molecule has 0 aliphatic heterocycles. The van der Waals surface area contributed by atoms with Crippen LogP contribution in [0.5, 0.6) is 0 Å². The van der Waals surface area contributed by atoms with Crippen molar-refractivity contribution in [3.05, 3.63) is 60.2 Å². The van der Waals surface area contributed by atoms with E-state index in [4.69, 9.17) is 0 Å². The Labute approximate surface area is 94.2 Å². The molecule has 2 nitrogen and oxygen atoms in total. The molecule has 0 heterocycles. The molecular weight excluding hydrogens is 200 g/mol. The van der Waals surface area contributed by atoms with Crippen LogP contribution in [-0.2, 0) is 16.3 Å². The number of carbonyl (C=O) groups excluding carboxylic acids is 1. The molecule has 2 rings (SSSR count). The van der Waals surface area contributed by atoms with Gasteiger partial charge >= 0.3 is 5.97 Å². The van der Waals surface area contributed by atoms with E-state index in [9.17, 15) is 9.90 Å². The predicted molar refractivity (Wildman–Crippen MR) is 61.3 cm³/mol. The van der Waals surface area contributed by atoms with Crippen LogP contribution in [0.4, 0.5) is 0 Å². The Morgan fingerprint density at radius 1 is 0.812 bits per heavy atom. The largest absolute Gasteiger partial charge is 0.359 e. The molecule has 0 aliphatic carbocycles. The molecule has 0 amide bonds. The van der Waals surface area contributed by atoms with E-state index in [1.807, 2.05) is 54.6 Å². The lowest BCUT2D eigenvalue weighted by atomic mass is 10.0. The van der Waals surface area contributed by atoms with Crippen LogP contribution in [0.15, 0.2) is 54.6 Å². The van der Waals surface area contributed by atoms with E-state index in [0.717, 1.165) is 16.7 Å². The van der Waals surface area contributed by atoms with Crippen molar-refractivity contribution < 1.29 is 9.90 Å². The second kappa shape index (κ2) is 4.62. The Morgan fingerprint density at radius 2 is 1.38 bits per heavy atom. The molecule has 0 N–H and O–H groups in total. The van der Waals surface area contributed by atoms with Gasteiger partial charge < -0.3 is 0 Å². The highest BCUT2D eigenvalue weighted by molar-refractivity contribution is 5.70. The van der Waals surface area contributed by atoms with Crippen LogP contribution in [0.2, 0.25) is 0 Å². The second-order valence-electron chi connectivity index (χ2n) is 3.61. The fraction of sp³-hybridized carbons (Fsp3) is 0.0714. The monoisotopic (exact) mass is 211 g/mol. The van der Waals surface area contributed by atoms with Gasteiger partial charge in [-0.1, -0.05) is 54.6 Å². The number of hydrogen-bond donors (Lipinski definition) is 0. The summed E-state index contributed by atoms with van der Waals surface area (Å²) in [5.41, 5.74) is 2.98. The first-order valence-electron chi connectivity index (χ1n) is 5.10. The summed E-state index contributed by atoms with van der Waals surface area (Å²) in [5.74, 6) is -1.05. The third kappa shape index (κ3) is 2.48. The highest BCUT2D eigenvalue weighted by atomic mass is 16.4. The van der Waals surface area contributed by atoms with Gasteiger partial charge in [0, 0.05) is 0 Å². The van der Waals surface area contributed by atoms with Crippen molar-refractivity contribution in [2.45, 2.75) is 6.42 Å². The first kappa shape index (κ1) is 10.4. The van der Waals surface area contributed by atoms with Crippen molar-refractivity contribution in [2.24, 2.45) is 0 Å². The lowest BCUT2D eigenvalue weighted by molar-refractivity contribution is -0.142. The minimum atomic E-state index is -1.05. The maximum Gasteiger partial charge on any atom is 0.359 e. The van der Waals surface area contributed by atoms with Gasteiger partial charge in [0.25, 0.3) is 0 Å². The van der Waals surface area contributed by atoms with Gasteiger partial charge in [0.1, 0.15) is 0 Å². The number of benzene rings is 2. The molecule has 2 aromatic carbocycles. The molecular formula is C14H11O2. The molecule has 1 radical (unpaired) electrons. The van der Waals surface area contributed by atoms with Crippen LogP contribution >= 0.6 is 0 Å². The molecule has 0 saturated carbocycles. The molecule has 0 fully saturated rings. The molecule has 0 unspecified atom stereocenters. The van der Waals surface area contributed by atoms with Gasteiger partial charge in [0.2, 0.25) is 0 Å². The molecule has 0 saturated heterocycles. The van der Waals surface area contributed by atoms with Crippen molar-refractivity contribution in [1.82, 2.24) is 0 Å². The summed E-state index contributed by atoms with van der Waals surface area (Å²) in [7, 11) is 0. The van der Waals surface area contributed by atoms with E-state index < -0.39 is 5.97 Å². The minimum absolute atomic E-state index is 0.0327. The van der Waals surface area contributed by atoms with Crippen LogP contribution in [-0.4, -0.2) is 5.97 Å². The Morgan fingerprint density at radius 3 is 1.94 bits per heavy atom. The van der Waals surface area contributed by atoms with Crippen LogP contribution in [0.1, 0.15) is 5.56 Å². The Balaban J connectivity index is 2.23. The highest BCUT2D eigenvalue weighted by Gasteiger charge is 2.02. The molecule has 0 spiro atoms. The van der Waals surface area contributed by atoms with Gasteiger partial charge in [-0.25, -0.2) is 9.90 Å². The zero-order chi connectivity index (χ0) is 11.4. The third-order valence-electron chi connectivity index (χ3n) is 2.41. The Kier molecular flexibility index (Phi) is 3.01. The van der Waals surface area contributed by atoms with Gasteiger partial charge in [-0.2, -0.15) is 0 Å². The molecule has 0 bridgehead atoms. The van der Waals surface area contributed by atoms with Crippen molar-refractivity contribution in [3.63, 3.8) is 0 Å². The highest BCUT2D eigenvalue weighted by Crippen LogP contribution is 2.19. The molecule has 16 heavy (non-hydrogen) atoms. The first-order valence-corrected chi connectivity index (χ1v) is 5.10. The topological polar surface area (TPSA) is 37.0 Å².